The maximum absolute atomic E-state index is 12.5. The number of nitrogens with one attached hydrogen (secondary N) is 1. The van der Waals surface area contributed by atoms with Crippen LogP contribution >= 0.6 is 0 Å². The maximum atomic E-state index is 12.5. The molecule has 0 aromatic heterocycles. The summed E-state index contributed by atoms with van der Waals surface area (Å²) in [7, 11) is 1.62. The molecule has 1 fully saturated rings. The van der Waals surface area contributed by atoms with Gasteiger partial charge in [0.15, 0.2) is 0 Å². The standard InChI is InChI=1S/C18H19NO3/c1-21-15-9-11-16(12-10-15)22-17(13-5-3-2-4-6-13)18(20)19-14-7-8-14/h2-6,9-12,14,17H,7-8H2,1H3,(H,19,20)/t17-/m1/s1. The van der Waals surface area contributed by atoms with Gasteiger partial charge in [-0.25, -0.2) is 0 Å². The lowest BCUT2D eigenvalue weighted by atomic mass is 10.1. The molecule has 114 valence electrons. The number of rotatable bonds is 6. The third-order valence-corrected chi connectivity index (χ3v) is 3.58. The summed E-state index contributed by atoms with van der Waals surface area (Å²) in [5.74, 6) is 1.30. The Hall–Kier alpha value is -2.49. The molecule has 4 nitrogen and oxygen atoms in total. The molecule has 4 heteroatoms. The highest BCUT2D eigenvalue weighted by Gasteiger charge is 2.29. The van der Waals surface area contributed by atoms with Gasteiger partial charge in [-0.3, -0.25) is 4.79 Å². The van der Waals surface area contributed by atoms with E-state index in [-0.39, 0.29) is 5.91 Å². The van der Waals surface area contributed by atoms with E-state index in [1.165, 1.54) is 0 Å². The van der Waals surface area contributed by atoms with Gasteiger partial charge in [0.2, 0.25) is 6.10 Å². The Kier molecular flexibility index (Phi) is 4.28. The van der Waals surface area contributed by atoms with Crippen LogP contribution in [0.25, 0.3) is 0 Å². The molecule has 2 aromatic carbocycles. The summed E-state index contributed by atoms with van der Waals surface area (Å²) in [5.41, 5.74) is 0.844. The van der Waals surface area contributed by atoms with E-state index in [4.69, 9.17) is 9.47 Å². The molecular formula is C18H19NO3. The van der Waals surface area contributed by atoms with Crippen molar-refractivity contribution in [3.8, 4) is 11.5 Å². The second kappa shape index (κ2) is 6.52. The minimum atomic E-state index is -0.643. The Morgan fingerprint density at radius 3 is 2.27 bits per heavy atom. The first kappa shape index (κ1) is 14.4. The number of benzene rings is 2. The van der Waals surface area contributed by atoms with Crippen LogP contribution in [0.5, 0.6) is 11.5 Å². The molecule has 0 bridgehead atoms. The normalized spacial score (nSPS) is 15.0. The highest BCUT2D eigenvalue weighted by molar-refractivity contribution is 5.83. The van der Waals surface area contributed by atoms with Crippen LogP contribution in [0.4, 0.5) is 0 Å². The van der Waals surface area contributed by atoms with Crippen molar-refractivity contribution in [3.05, 3.63) is 60.2 Å². The molecule has 0 aliphatic heterocycles. The SMILES string of the molecule is COc1ccc(O[C@@H](C(=O)NC2CC2)c2ccccc2)cc1. The van der Waals surface area contributed by atoms with Gasteiger partial charge in [-0.05, 0) is 37.1 Å². The monoisotopic (exact) mass is 297 g/mol. The predicted octanol–water partition coefficient (Wildman–Crippen LogP) is 3.09. The molecule has 1 atom stereocenters. The number of carbonyl (C=O) groups excluding carboxylic acids is 1. The molecule has 0 unspecified atom stereocenters. The average Bonchev–Trinajstić information content (AvgIpc) is 3.38. The van der Waals surface area contributed by atoms with Crippen LogP contribution in [0.15, 0.2) is 54.6 Å². The number of hydrogen-bond donors (Lipinski definition) is 1. The molecule has 0 saturated heterocycles. The summed E-state index contributed by atoms with van der Waals surface area (Å²) in [6.07, 6.45) is 1.46. The van der Waals surface area contributed by atoms with Crippen LogP contribution in [0.1, 0.15) is 24.5 Å². The first-order valence-corrected chi connectivity index (χ1v) is 7.42. The molecule has 3 rings (SSSR count). The van der Waals surface area contributed by atoms with E-state index in [9.17, 15) is 4.79 Å². The minimum absolute atomic E-state index is 0.0930. The van der Waals surface area contributed by atoms with Gasteiger partial charge in [0, 0.05) is 11.6 Å². The van der Waals surface area contributed by atoms with Gasteiger partial charge < -0.3 is 14.8 Å². The van der Waals surface area contributed by atoms with Crippen molar-refractivity contribution in [2.75, 3.05) is 7.11 Å². The zero-order chi connectivity index (χ0) is 15.4. The Bertz CT molecular complexity index is 621. The number of methoxy groups -OCH3 is 1. The number of carbonyl (C=O) groups is 1. The van der Waals surface area contributed by atoms with Gasteiger partial charge in [-0.1, -0.05) is 30.3 Å². The lowest BCUT2D eigenvalue weighted by molar-refractivity contribution is -0.128. The Balaban J connectivity index is 1.79. The zero-order valence-electron chi connectivity index (χ0n) is 12.5. The second-order valence-corrected chi connectivity index (χ2v) is 5.37. The van der Waals surface area contributed by atoms with Gasteiger partial charge in [0.05, 0.1) is 7.11 Å². The quantitative estimate of drug-likeness (QED) is 0.891. The van der Waals surface area contributed by atoms with Crippen molar-refractivity contribution in [1.82, 2.24) is 5.32 Å². The molecule has 0 spiro atoms. The Labute approximate surface area is 130 Å². The molecule has 1 amide bonds. The lowest BCUT2D eigenvalue weighted by Gasteiger charge is -2.19. The summed E-state index contributed by atoms with van der Waals surface area (Å²) in [6.45, 7) is 0. The van der Waals surface area contributed by atoms with Crippen molar-refractivity contribution in [2.24, 2.45) is 0 Å². The van der Waals surface area contributed by atoms with Crippen LogP contribution in [0, 0.1) is 0 Å². The smallest absolute Gasteiger partial charge is 0.266 e. The minimum Gasteiger partial charge on any atom is -0.497 e. The van der Waals surface area contributed by atoms with Crippen LogP contribution in [-0.2, 0) is 4.79 Å². The number of amides is 1. The van der Waals surface area contributed by atoms with E-state index < -0.39 is 6.10 Å². The first-order chi connectivity index (χ1) is 10.8. The summed E-state index contributed by atoms with van der Waals surface area (Å²) in [4.78, 5) is 12.5. The maximum Gasteiger partial charge on any atom is 0.266 e. The third kappa shape index (κ3) is 3.58. The van der Waals surface area contributed by atoms with Crippen LogP contribution in [-0.4, -0.2) is 19.1 Å². The van der Waals surface area contributed by atoms with Gasteiger partial charge in [0.25, 0.3) is 5.91 Å². The molecule has 0 radical (unpaired) electrons. The van der Waals surface area contributed by atoms with Crippen molar-refractivity contribution in [2.45, 2.75) is 25.0 Å². The molecule has 1 aliphatic rings. The first-order valence-electron chi connectivity index (χ1n) is 7.42. The predicted molar refractivity (Wildman–Crippen MR) is 84.0 cm³/mol. The fourth-order valence-electron chi connectivity index (χ4n) is 2.20. The van der Waals surface area contributed by atoms with Gasteiger partial charge in [0.1, 0.15) is 11.5 Å². The fourth-order valence-corrected chi connectivity index (χ4v) is 2.20. The van der Waals surface area contributed by atoms with Gasteiger partial charge in [-0.15, -0.1) is 0 Å². The molecule has 2 aromatic rings. The van der Waals surface area contributed by atoms with Crippen molar-refractivity contribution in [3.63, 3.8) is 0 Å². The molecule has 0 heterocycles. The molecule has 22 heavy (non-hydrogen) atoms. The summed E-state index contributed by atoms with van der Waals surface area (Å²) in [5, 5.41) is 3.01. The van der Waals surface area contributed by atoms with E-state index in [0.717, 1.165) is 24.2 Å². The fraction of sp³-hybridized carbons (Fsp3) is 0.278. The van der Waals surface area contributed by atoms with Crippen molar-refractivity contribution >= 4 is 5.91 Å². The van der Waals surface area contributed by atoms with Crippen molar-refractivity contribution < 1.29 is 14.3 Å². The third-order valence-electron chi connectivity index (χ3n) is 3.58. The van der Waals surface area contributed by atoms with Crippen LogP contribution in [0.2, 0.25) is 0 Å². The average molecular weight is 297 g/mol. The van der Waals surface area contributed by atoms with E-state index >= 15 is 0 Å². The van der Waals surface area contributed by atoms with E-state index in [2.05, 4.69) is 5.32 Å². The highest BCUT2D eigenvalue weighted by atomic mass is 16.5. The molecule has 1 saturated carbocycles. The van der Waals surface area contributed by atoms with E-state index in [0.29, 0.717) is 11.8 Å². The highest BCUT2D eigenvalue weighted by Crippen LogP contribution is 2.26. The Morgan fingerprint density at radius 2 is 1.68 bits per heavy atom. The Morgan fingerprint density at radius 1 is 1.05 bits per heavy atom. The zero-order valence-corrected chi connectivity index (χ0v) is 12.5. The molecule has 1 N–H and O–H groups in total. The summed E-state index contributed by atoms with van der Waals surface area (Å²) in [6, 6.07) is 17.1. The van der Waals surface area contributed by atoms with Gasteiger partial charge >= 0.3 is 0 Å². The number of ether oxygens (including phenoxy) is 2. The van der Waals surface area contributed by atoms with Gasteiger partial charge in [-0.2, -0.15) is 0 Å². The van der Waals surface area contributed by atoms with Crippen LogP contribution < -0.4 is 14.8 Å². The number of hydrogen-bond acceptors (Lipinski definition) is 3. The van der Waals surface area contributed by atoms with E-state index in [1.807, 2.05) is 42.5 Å². The van der Waals surface area contributed by atoms with E-state index in [1.54, 1.807) is 19.2 Å². The molecular weight excluding hydrogens is 278 g/mol. The summed E-state index contributed by atoms with van der Waals surface area (Å²) >= 11 is 0. The lowest BCUT2D eigenvalue weighted by Crippen LogP contribution is -2.33. The van der Waals surface area contributed by atoms with Crippen LogP contribution in [0.3, 0.4) is 0 Å². The van der Waals surface area contributed by atoms with Crippen molar-refractivity contribution in [1.29, 1.82) is 0 Å². The molecule has 1 aliphatic carbocycles. The second-order valence-electron chi connectivity index (χ2n) is 5.37. The summed E-state index contributed by atoms with van der Waals surface area (Å²) < 4.78 is 11.1. The largest absolute Gasteiger partial charge is 0.497 e. The topological polar surface area (TPSA) is 47.6 Å².